The van der Waals surface area contributed by atoms with E-state index in [0.29, 0.717) is 0 Å². The van der Waals surface area contributed by atoms with Gasteiger partial charge in [0.2, 0.25) is 0 Å². The average molecular weight is 139 g/mol. The summed E-state index contributed by atoms with van der Waals surface area (Å²) >= 11 is 0. The number of rotatable bonds is 4. The van der Waals surface area contributed by atoms with E-state index in [2.05, 4.69) is 5.32 Å². The van der Waals surface area contributed by atoms with Crippen LogP contribution in [-0.2, 0) is 4.79 Å². The van der Waals surface area contributed by atoms with Gasteiger partial charge in [-0.2, -0.15) is 0 Å². The van der Waals surface area contributed by atoms with Crippen LogP contribution in [0.2, 0.25) is 0 Å². The Kier molecular flexibility index (Phi) is 2.63. The van der Waals surface area contributed by atoms with Crippen molar-refractivity contribution < 1.29 is 4.79 Å². The maximum Gasteiger partial charge on any atom is 0.152 e. The highest BCUT2D eigenvalue weighted by atomic mass is 16.1. The van der Waals surface area contributed by atoms with Crippen molar-refractivity contribution in [1.82, 2.24) is 5.32 Å². The highest BCUT2D eigenvalue weighted by molar-refractivity contribution is 5.87. The summed E-state index contributed by atoms with van der Waals surface area (Å²) in [4.78, 5) is 10.4. The van der Waals surface area contributed by atoms with E-state index in [4.69, 9.17) is 0 Å². The summed E-state index contributed by atoms with van der Waals surface area (Å²) < 4.78 is 0. The molecular formula is C8H13NO. The van der Waals surface area contributed by atoms with Crippen LogP contribution in [0.3, 0.4) is 0 Å². The fraction of sp³-hybridized carbons (Fsp3) is 0.625. The molecule has 1 aliphatic rings. The summed E-state index contributed by atoms with van der Waals surface area (Å²) in [5, 5.41) is 3.27. The number of nitrogens with one attached hydrogen (secondary N) is 1. The lowest BCUT2D eigenvalue weighted by molar-refractivity contribution is -0.112. The maximum absolute atomic E-state index is 10.4. The molecule has 0 aromatic rings. The molecule has 10 heavy (non-hydrogen) atoms. The molecule has 1 saturated carbocycles. The molecule has 0 atom stereocenters. The van der Waals surface area contributed by atoms with Gasteiger partial charge in [-0.05, 0) is 25.8 Å². The first-order valence-corrected chi connectivity index (χ1v) is 3.69. The first-order valence-electron chi connectivity index (χ1n) is 3.69. The molecule has 56 valence electrons. The molecule has 1 N–H and O–H groups in total. The third-order valence-electron chi connectivity index (χ3n) is 1.45. The predicted molar refractivity (Wildman–Crippen MR) is 40.8 cm³/mol. The second-order valence-electron chi connectivity index (χ2n) is 2.70. The van der Waals surface area contributed by atoms with Crippen LogP contribution in [0.25, 0.3) is 0 Å². The second kappa shape index (κ2) is 3.52. The molecule has 0 aliphatic heterocycles. The third-order valence-corrected chi connectivity index (χ3v) is 1.45. The Morgan fingerprint density at radius 1 is 1.70 bits per heavy atom. The first-order chi connectivity index (χ1) is 4.79. The van der Waals surface area contributed by atoms with Gasteiger partial charge in [0, 0.05) is 12.6 Å². The summed E-state index contributed by atoms with van der Waals surface area (Å²) in [5.74, 6) is 0.123. The Balaban J connectivity index is 1.97. The minimum atomic E-state index is 0.123. The third kappa shape index (κ3) is 3.41. The molecule has 1 rings (SSSR count). The molecule has 2 nitrogen and oxygen atoms in total. The van der Waals surface area contributed by atoms with Crippen LogP contribution in [0.4, 0.5) is 0 Å². The fourth-order valence-electron chi connectivity index (χ4n) is 0.747. The Hall–Kier alpha value is -0.630. The number of carbonyl (C=O) groups excluding carboxylic acids is 1. The van der Waals surface area contributed by atoms with E-state index < -0.39 is 0 Å². The van der Waals surface area contributed by atoms with Gasteiger partial charge in [-0.15, -0.1) is 0 Å². The van der Waals surface area contributed by atoms with Crippen molar-refractivity contribution in [2.24, 2.45) is 0 Å². The van der Waals surface area contributed by atoms with Gasteiger partial charge in [-0.25, -0.2) is 0 Å². The van der Waals surface area contributed by atoms with E-state index in [0.717, 1.165) is 12.6 Å². The summed E-state index contributed by atoms with van der Waals surface area (Å²) in [6.07, 6.45) is 6.08. The van der Waals surface area contributed by atoms with Crippen molar-refractivity contribution in [3.8, 4) is 0 Å². The summed E-state index contributed by atoms with van der Waals surface area (Å²) in [5.41, 5.74) is 0. The Morgan fingerprint density at radius 2 is 2.40 bits per heavy atom. The topological polar surface area (TPSA) is 29.1 Å². The zero-order valence-electron chi connectivity index (χ0n) is 6.26. The molecule has 0 radical (unpaired) electrons. The largest absolute Gasteiger partial charge is 0.311 e. The van der Waals surface area contributed by atoms with E-state index in [9.17, 15) is 4.79 Å². The lowest BCUT2D eigenvalue weighted by Crippen LogP contribution is -2.15. The highest BCUT2D eigenvalue weighted by Gasteiger charge is 2.18. The summed E-state index contributed by atoms with van der Waals surface area (Å²) in [6.45, 7) is 2.40. The van der Waals surface area contributed by atoms with Gasteiger partial charge in [0.25, 0.3) is 0 Å². The SMILES string of the molecule is CC(=O)C=CCNC1CC1. The monoisotopic (exact) mass is 139 g/mol. The van der Waals surface area contributed by atoms with Crippen molar-refractivity contribution in [3.05, 3.63) is 12.2 Å². The van der Waals surface area contributed by atoms with Crippen molar-refractivity contribution in [3.63, 3.8) is 0 Å². The minimum absolute atomic E-state index is 0.123. The molecule has 0 unspecified atom stereocenters. The fourth-order valence-corrected chi connectivity index (χ4v) is 0.747. The Labute approximate surface area is 61.3 Å². The Bertz CT molecular complexity index is 147. The van der Waals surface area contributed by atoms with Crippen LogP contribution in [0, 0.1) is 0 Å². The molecule has 0 aromatic heterocycles. The zero-order chi connectivity index (χ0) is 7.40. The summed E-state index contributed by atoms with van der Waals surface area (Å²) in [6, 6.07) is 0.733. The first kappa shape index (κ1) is 7.48. The molecule has 2 heteroatoms. The molecule has 0 bridgehead atoms. The molecule has 0 saturated heterocycles. The normalized spacial score (nSPS) is 18.1. The van der Waals surface area contributed by atoms with Gasteiger partial charge in [0.15, 0.2) is 5.78 Å². The van der Waals surface area contributed by atoms with E-state index in [1.807, 2.05) is 6.08 Å². The minimum Gasteiger partial charge on any atom is -0.311 e. The molecule has 0 spiro atoms. The number of hydrogen-bond donors (Lipinski definition) is 1. The summed E-state index contributed by atoms with van der Waals surface area (Å²) in [7, 11) is 0. The predicted octanol–water partition coefficient (Wildman–Crippen LogP) is 0.884. The smallest absolute Gasteiger partial charge is 0.152 e. The van der Waals surface area contributed by atoms with Crippen LogP contribution < -0.4 is 5.32 Å². The van der Waals surface area contributed by atoms with E-state index in [-0.39, 0.29) is 5.78 Å². The zero-order valence-corrected chi connectivity index (χ0v) is 6.26. The van der Waals surface area contributed by atoms with Gasteiger partial charge >= 0.3 is 0 Å². The van der Waals surface area contributed by atoms with E-state index in [1.54, 1.807) is 13.0 Å². The van der Waals surface area contributed by atoms with Crippen LogP contribution >= 0.6 is 0 Å². The van der Waals surface area contributed by atoms with Crippen molar-refractivity contribution >= 4 is 5.78 Å². The molecule has 0 amide bonds. The Morgan fingerprint density at radius 3 is 2.90 bits per heavy atom. The lowest BCUT2D eigenvalue weighted by Gasteiger charge is -1.93. The molecular weight excluding hydrogens is 126 g/mol. The van der Waals surface area contributed by atoms with Crippen molar-refractivity contribution in [2.75, 3.05) is 6.54 Å². The lowest BCUT2D eigenvalue weighted by atomic mass is 10.4. The van der Waals surface area contributed by atoms with Gasteiger partial charge in [-0.1, -0.05) is 6.08 Å². The molecule has 1 aliphatic carbocycles. The van der Waals surface area contributed by atoms with Crippen LogP contribution in [0.5, 0.6) is 0 Å². The van der Waals surface area contributed by atoms with Gasteiger partial charge in [0.1, 0.15) is 0 Å². The highest BCUT2D eigenvalue weighted by Crippen LogP contribution is 2.17. The number of allylic oxidation sites excluding steroid dienone is 1. The molecule has 0 aromatic carbocycles. The van der Waals surface area contributed by atoms with Crippen LogP contribution in [0.1, 0.15) is 19.8 Å². The van der Waals surface area contributed by atoms with E-state index >= 15 is 0 Å². The molecule has 0 heterocycles. The van der Waals surface area contributed by atoms with E-state index in [1.165, 1.54) is 12.8 Å². The van der Waals surface area contributed by atoms with Crippen LogP contribution in [-0.4, -0.2) is 18.4 Å². The van der Waals surface area contributed by atoms with Gasteiger partial charge < -0.3 is 5.32 Å². The molecule has 1 fully saturated rings. The standard InChI is InChI=1S/C8H13NO/c1-7(10)3-2-6-9-8-4-5-8/h2-3,8-9H,4-6H2,1H3. The number of hydrogen-bond acceptors (Lipinski definition) is 2. The van der Waals surface area contributed by atoms with Crippen LogP contribution in [0.15, 0.2) is 12.2 Å². The van der Waals surface area contributed by atoms with Crippen molar-refractivity contribution in [1.29, 1.82) is 0 Å². The number of ketones is 1. The average Bonchev–Trinajstić information content (AvgIpc) is 2.62. The quantitative estimate of drug-likeness (QED) is 0.586. The number of carbonyl (C=O) groups is 1. The van der Waals surface area contributed by atoms with Gasteiger partial charge in [-0.3, -0.25) is 4.79 Å². The van der Waals surface area contributed by atoms with Crippen molar-refractivity contribution in [2.45, 2.75) is 25.8 Å². The maximum atomic E-state index is 10.4. The second-order valence-corrected chi connectivity index (χ2v) is 2.70. The van der Waals surface area contributed by atoms with Gasteiger partial charge in [0.05, 0.1) is 0 Å².